The van der Waals surface area contributed by atoms with Crippen LogP contribution in [0.4, 0.5) is 16.4 Å². The zero-order valence-electron chi connectivity index (χ0n) is 22.8. The Kier molecular flexibility index (Phi) is 7.52. The molecule has 1 saturated heterocycles. The van der Waals surface area contributed by atoms with E-state index in [4.69, 9.17) is 5.73 Å². The molecule has 1 aliphatic rings. The van der Waals surface area contributed by atoms with Crippen molar-refractivity contribution in [3.05, 3.63) is 70.5 Å². The molecule has 1 aliphatic heterocycles. The number of likely N-dealkylation sites (tertiary alicyclic amines) is 1. The van der Waals surface area contributed by atoms with Crippen LogP contribution in [0.2, 0.25) is 0 Å². The summed E-state index contributed by atoms with van der Waals surface area (Å²) in [6.07, 6.45) is 2.62. The minimum atomic E-state index is -0.964. The van der Waals surface area contributed by atoms with Crippen molar-refractivity contribution in [2.45, 2.75) is 52.6 Å². The number of imide groups is 1. The molecule has 38 heavy (non-hydrogen) atoms. The van der Waals surface area contributed by atoms with Gasteiger partial charge >= 0.3 is 17.8 Å². The molecule has 0 unspecified atom stereocenters. The Hall–Kier alpha value is -4.21. The van der Waals surface area contributed by atoms with Gasteiger partial charge in [-0.2, -0.15) is 9.58 Å². The molecular formula is C28H36N7O3+. The lowest BCUT2D eigenvalue weighted by Crippen LogP contribution is -2.71. The first-order chi connectivity index (χ1) is 18.0. The summed E-state index contributed by atoms with van der Waals surface area (Å²) in [6.45, 7) is 7.82. The van der Waals surface area contributed by atoms with Gasteiger partial charge in [-0.15, -0.1) is 0 Å². The highest BCUT2D eigenvalue weighted by molar-refractivity contribution is 6.12. The Labute approximate surface area is 222 Å². The number of aromatic amines is 1. The lowest BCUT2D eigenvalue weighted by atomic mass is 9.81. The van der Waals surface area contributed by atoms with Gasteiger partial charge in [0.2, 0.25) is 5.91 Å². The Morgan fingerprint density at radius 2 is 1.95 bits per heavy atom. The average molecular weight is 519 g/mol. The van der Waals surface area contributed by atoms with Gasteiger partial charge < -0.3 is 11.1 Å². The maximum Gasteiger partial charge on any atom is 0.333 e. The van der Waals surface area contributed by atoms with E-state index < -0.39 is 23.9 Å². The van der Waals surface area contributed by atoms with Gasteiger partial charge in [-0.05, 0) is 62.4 Å². The van der Waals surface area contributed by atoms with Crippen LogP contribution in [0.25, 0.3) is 0 Å². The van der Waals surface area contributed by atoms with Crippen molar-refractivity contribution < 1.29 is 19.1 Å². The molecular weight excluding hydrogens is 482 g/mol. The summed E-state index contributed by atoms with van der Waals surface area (Å²) < 4.78 is 1.69. The third kappa shape index (κ3) is 5.11. The van der Waals surface area contributed by atoms with Gasteiger partial charge in [0.25, 0.3) is 0 Å². The summed E-state index contributed by atoms with van der Waals surface area (Å²) >= 11 is 0. The van der Waals surface area contributed by atoms with Crippen molar-refractivity contribution >= 4 is 29.5 Å². The number of hydrogen-bond donors (Lipinski definition) is 3. The van der Waals surface area contributed by atoms with Gasteiger partial charge in [0.1, 0.15) is 12.9 Å². The number of likely N-dealkylation sites (N-methyl/N-ethyl adjacent to an activating group) is 1. The van der Waals surface area contributed by atoms with Crippen LogP contribution < -0.4 is 20.6 Å². The van der Waals surface area contributed by atoms with Crippen LogP contribution in [0.5, 0.6) is 0 Å². The van der Waals surface area contributed by atoms with Crippen molar-refractivity contribution in [3.63, 3.8) is 0 Å². The number of hydrogen-bond acceptors (Lipinski definition) is 5. The standard InChI is InChI=1S/C28H35N7O3/c1-7-22(20-9-8-16(2)12-17(20)3)32-28(38)35-25(27(37)33(5)24-10-11-30-34(24)6)21(26(35)36)14-19-13-18(4)31-23(29)15-19/h8-13,15,21-22,25H,7,14H2,1-6H3,(H3,29,31,32,38)/p+1/t21-,22-,25+/m1/s1. The van der Waals surface area contributed by atoms with Gasteiger partial charge in [0, 0.05) is 18.0 Å². The predicted octanol–water partition coefficient (Wildman–Crippen LogP) is 2.64. The molecule has 4 amide bonds. The Balaban J connectivity index is 1.63. The van der Waals surface area contributed by atoms with Crippen LogP contribution >= 0.6 is 0 Å². The highest BCUT2D eigenvalue weighted by Gasteiger charge is 2.57. The third-order valence-electron chi connectivity index (χ3n) is 7.20. The summed E-state index contributed by atoms with van der Waals surface area (Å²) in [5.41, 5.74) is 10.6. The number of anilines is 2. The number of carbonyl (C=O) groups is 3. The van der Waals surface area contributed by atoms with Crippen LogP contribution in [0, 0.1) is 26.7 Å². The fraction of sp³-hybridized carbons (Fsp3) is 0.393. The summed E-state index contributed by atoms with van der Waals surface area (Å²) in [6, 6.07) is 9.54. The van der Waals surface area contributed by atoms with Crippen molar-refractivity contribution in [2.75, 3.05) is 17.7 Å². The van der Waals surface area contributed by atoms with Crippen LogP contribution in [-0.4, -0.2) is 45.9 Å². The molecule has 0 bridgehead atoms. The van der Waals surface area contributed by atoms with Gasteiger partial charge in [0.15, 0.2) is 6.04 Å². The third-order valence-corrected chi connectivity index (χ3v) is 7.20. The molecule has 0 saturated carbocycles. The number of carbonyl (C=O) groups excluding carboxylic acids is 3. The molecule has 10 heteroatoms. The second-order valence-electron chi connectivity index (χ2n) is 10.1. The minimum absolute atomic E-state index is 0.272. The number of pyridine rings is 1. The van der Waals surface area contributed by atoms with Crippen molar-refractivity contribution in [1.29, 1.82) is 0 Å². The number of amides is 4. The normalized spacial score (nSPS) is 17.6. The van der Waals surface area contributed by atoms with E-state index in [9.17, 15) is 14.4 Å². The molecule has 3 aromatic rings. The van der Waals surface area contributed by atoms with Crippen molar-refractivity contribution in [1.82, 2.24) is 20.3 Å². The quantitative estimate of drug-likeness (QED) is 0.327. The number of aryl methyl sites for hydroxylation is 4. The number of nitrogen functional groups attached to an aromatic ring is 1. The van der Waals surface area contributed by atoms with Crippen LogP contribution in [0.1, 0.15) is 47.3 Å². The zero-order valence-corrected chi connectivity index (χ0v) is 22.8. The summed E-state index contributed by atoms with van der Waals surface area (Å²) in [5.74, 6) is -0.490. The van der Waals surface area contributed by atoms with Crippen molar-refractivity contribution in [2.24, 2.45) is 13.0 Å². The fourth-order valence-electron chi connectivity index (χ4n) is 5.28. The van der Waals surface area contributed by atoms with Crippen LogP contribution in [0.3, 0.4) is 0 Å². The van der Waals surface area contributed by atoms with E-state index in [1.54, 1.807) is 37.1 Å². The van der Waals surface area contributed by atoms with Crippen LogP contribution in [-0.2, 0) is 23.1 Å². The predicted molar refractivity (Wildman–Crippen MR) is 144 cm³/mol. The molecule has 3 heterocycles. The summed E-state index contributed by atoms with van der Waals surface area (Å²) in [7, 11) is 3.42. The van der Waals surface area contributed by atoms with E-state index in [-0.39, 0.29) is 18.4 Å². The number of benzene rings is 1. The van der Waals surface area contributed by atoms with Gasteiger partial charge in [-0.1, -0.05) is 30.7 Å². The fourth-order valence-corrected chi connectivity index (χ4v) is 5.28. The molecule has 4 rings (SSSR count). The highest BCUT2D eigenvalue weighted by atomic mass is 16.2. The number of nitrogens with one attached hydrogen (secondary N) is 2. The topological polar surface area (TPSA) is 128 Å². The molecule has 0 aliphatic carbocycles. The number of aromatic nitrogens is 3. The molecule has 2 aromatic heterocycles. The smallest absolute Gasteiger partial charge is 0.333 e. The van der Waals surface area contributed by atoms with E-state index in [0.717, 1.165) is 32.8 Å². The summed E-state index contributed by atoms with van der Waals surface area (Å²) in [4.78, 5) is 47.5. The second-order valence-corrected chi connectivity index (χ2v) is 10.1. The SMILES string of the molecule is CC[C@@H](NC(=O)N1C(=O)[C@H](Cc2cc(C)nc(N)c2)[C@H]1C(=O)N(C)c1cc[nH][n+]1C)c1ccc(C)cc1C. The molecule has 0 spiro atoms. The monoisotopic (exact) mass is 518 g/mol. The zero-order chi connectivity index (χ0) is 27.7. The second kappa shape index (κ2) is 10.6. The van der Waals surface area contributed by atoms with Gasteiger partial charge in [-0.25, -0.2) is 24.6 Å². The van der Waals surface area contributed by atoms with Crippen molar-refractivity contribution in [3.8, 4) is 0 Å². The number of rotatable bonds is 7. The molecule has 0 radical (unpaired) electrons. The molecule has 3 atom stereocenters. The Bertz CT molecular complexity index is 1360. The van der Waals surface area contributed by atoms with Gasteiger partial charge in [0.05, 0.1) is 19.0 Å². The lowest BCUT2D eigenvalue weighted by molar-refractivity contribution is -0.714. The van der Waals surface area contributed by atoms with Crippen LogP contribution in [0.15, 0.2) is 42.6 Å². The highest BCUT2D eigenvalue weighted by Crippen LogP contribution is 2.33. The number of β-lactam (4-membered cyclic amide) rings is 1. The van der Waals surface area contributed by atoms with E-state index in [1.807, 2.05) is 45.9 Å². The minimum Gasteiger partial charge on any atom is -0.384 e. The number of H-pyrrole nitrogens is 1. The van der Waals surface area contributed by atoms with Gasteiger partial charge in [-0.3, -0.25) is 4.79 Å². The molecule has 1 aromatic carbocycles. The number of nitrogens with two attached hydrogens (primary N) is 1. The first kappa shape index (κ1) is 26.8. The molecule has 200 valence electrons. The molecule has 10 nitrogen and oxygen atoms in total. The Morgan fingerprint density at radius 3 is 2.55 bits per heavy atom. The lowest BCUT2D eigenvalue weighted by Gasteiger charge is -2.44. The maximum atomic E-state index is 13.8. The maximum absolute atomic E-state index is 13.8. The number of nitrogens with zero attached hydrogens (tertiary/aromatic N) is 4. The summed E-state index contributed by atoms with van der Waals surface area (Å²) in [5, 5.41) is 5.99. The average Bonchev–Trinajstić information content (AvgIpc) is 3.28. The van der Waals surface area contributed by atoms with E-state index >= 15 is 0 Å². The first-order valence-corrected chi connectivity index (χ1v) is 12.8. The van der Waals surface area contributed by atoms with E-state index in [1.165, 1.54) is 4.90 Å². The molecule has 4 N–H and O–H groups in total. The Morgan fingerprint density at radius 1 is 1.21 bits per heavy atom. The van der Waals surface area contributed by atoms with E-state index in [2.05, 4.69) is 21.5 Å². The van der Waals surface area contributed by atoms with E-state index in [0.29, 0.717) is 18.1 Å². The largest absolute Gasteiger partial charge is 0.384 e. The first-order valence-electron chi connectivity index (χ1n) is 12.8. The number of urea groups is 1. The molecule has 1 fully saturated rings.